The van der Waals surface area contributed by atoms with Crippen molar-refractivity contribution in [2.45, 2.75) is 6.18 Å². The number of methoxy groups -OCH3 is 2. The first-order valence-corrected chi connectivity index (χ1v) is 6.43. The molecular weight excluding hydrogens is 313 g/mol. The summed E-state index contributed by atoms with van der Waals surface area (Å²) in [6.45, 7) is 0. The van der Waals surface area contributed by atoms with Crippen molar-refractivity contribution in [1.82, 2.24) is 0 Å². The van der Waals surface area contributed by atoms with Gasteiger partial charge in [0.1, 0.15) is 11.5 Å². The summed E-state index contributed by atoms with van der Waals surface area (Å²) in [5.41, 5.74) is -1.02. The third-order valence-corrected chi connectivity index (χ3v) is 3.19. The SMILES string of the molecule is COc1cc(OC)cc(-c2cc(C(=O)O)cc(C(F)(F)F)c2)c1. The highest BCUT2D eigenvalue weighted by Crippen LogP contribution is 2.35. The van der Waals surface area contributed by atoms with Crippen LogP contribution in [-0.4, -0.2) is 25.3 Å². The van der Waals surface area contributed by atoms with Crippen LogP contribution in [0.1, 0.15) is 15.9 Å². The Balaban J connectivity index is 2.67. The number of rotatable bonds is 4. The van der Waals surface area contributed by atoms with Gasteiger partial charge in [0.15, 0.2) is 0 Å². The molecule has 0 radical (unpaired) electrons. The minimum Gasteiger partial charge on any atom is -0.497 e. The van der Waals surface area contributed by atoms with E-state index in [2.05, 4.69) is 0 Å². The van der Waals surface area contributed by atoms with Gasteiger partial charge in [0.2, 0.25) is 0 Å². The third kappa shape index (κ3) is 3.74. The van der Waals surface area contributed by atoms with Crippen LogP contribution in [0.2, 0.25) is 0 Å². The number of halogens is 3. The van der Waals surface area contributed by atoms with E-state index in [1.807, 2.05) is 0 Å². The molecule has 0 saturated carbocycles. The van der Waals surface area contributed by atoms with Crippen molar-refractivity contribution in [3.63, 3.8) is 0 Å². The molecule has 0 aliphatic rings. The molecule has 0 bridgehead atoms. The average Bonchev–Trinajstić information content (AvgIpc) is 2.52. The lowest BCUT2D eigenvalue weighted by Crippen LogP contribution is -2.08. The predicted molar refractivity (Wildman–Crippen MR) is 76.9 cm³/mol. The second-order valence-electron chi connectivity index (χ2n) is 4.70. The van der Waals surface area contributed by atoms with Gasteiger partial charge in [-0.1, -0.05) is 0 Å². The van der Waals surface area contributed by atoms with Crippen molar-refractivity contribution in [3.8, 4) is 22.6 Å². The molecule has 0 aliphatic heterocycles. The second-order valence-corrected chi connectivity index (χ2v) is 4.70. The quantitative estimate of drug-likeness (QED) is 0.919. The minimum atomic E-state index is -4.65. The van der Waals surface area contributed by atoms with E-state index < -0.39 is 23.3 Å². The molecular formula is C16H13F3O4. The molecule has 2 aromatic rings. The standard InChI is InChI=1S/C16H13F3O4/c1-22-13-6-10(7-14(8-13)23-2)9-3-11(15(20)21)5-12(4-9)16(17,18)19/h3-8H,1-2H3,(H,20,21). The minimum absolute atomic E-state index is 0.106. The number of aromatic carboxylic acids is 1. The van der Waals surface area contributed by atoms with E-state index in [1.165, 1.54) is 32.4 Å². The number of hydrogen-bond acceptors (Lipinski definition) is 3. The van der Waals surface area contributed by atoms with Gasteiger partial charge in [0, 0.05) is 6.07 Å². The lowest BCUT2D eigenvalue weighted by Gasteiger charge is -2.13. The first-order valence-electron chi connectivity index (χ1n) is 6.43. The van der Waals surface area contributed by atoms with Crippen molar-refractivity contribution in [3.05, 3.63) is 47.5 Å². The molecule has 0 aliphatic carbocycles. The van der Waals surface area contributed by atoms with Gasteiger partial charge in [-0.05, 0) is 41.5 Å². The molecule has 0 unspecified atom stereocenters. The van der Waals surface area contributed by atoms with Crippen molar-refractivity contribution >= 4 is 5.97 Å². The highest BCUT2D eigenvalue weighted by Gasteiger charge is 2.32. The Morgan fingerprint density at radius 2 is 1.43 bits per heavy atom. The Bertz CT molecular complexity index is 716. The number of ether oxygens (including phenoxy) is 2. The summed E-state index contributed by atoms with van der Waals surface area (Å²) in [6, 6.07) is 7.23. The highest BCUT2D eigenvalue weighted by atomic mass is 19.4. The molecule has 122 valence electrons. The second kappa shape index (κ2) is 6.20. The monoisotopic (exact) mass is 326 g/mol. The fourth-order valence-corrected chi connectivity index (χ4v) is 2.06. The molecule has 2 rings (SSSR count). The Morgan fingerprint density at radius 1 is 0.913 bits per heavy atom. The molecule has 0 saturated heterocycles. The maximum absolute atomic E-state index is 13.0. The number of carboxylic acids is 1. The van der Waals surface area contributed by atoms with E-state index in [9.17, 15) is 18.0 Å². The van der Waals surface area contributed by atoms with E-state index >= 15 is 0 Å². The van der Waals surface area contributed by atoms with Gasteiger partial charge >= 0.3 is 12.1 Å². The van der Waals surface area contributed by atoms with Crippen molar-refractivity contribution < 1.29 is 32.5 Å². The average molecular weight is 326 g/mol. The number of carbonyl (C=O) groups is 1. The van der Waals surface area contributed by atoms with Gasteiger partial charge in [-0.25, -0.2) is 4.79 Å². The Labute approximate surface area is 130 Å². The Morgan fingerprint density at radius 3 is 1.87 bits per heavy atom. The van der Waals surface area contributed by atoms with Crippen LogP contribution in [0.15, 0.2) is 36.4 Å². The van der Waals surface area contributed by atoms with E-state index in [1.54, 1.807) is 6.07 Å². The largest absolute Gasteiger partial charge is 0.497 e. The fraction of sp³-hybridized carbons (Fsp3) is 0.188. The summed E-state index contributed by atoms with van der Waals surface area (Å²) in [6.07, 6.45) is -4.65. The summed E-state index contributed by atoms with van der Waals surface area (Å²) < 4.78 is 49.1. The molecule has 0 amide bonds. The van der Waals surface area contributed by atoms with Crippen LogP contribution in [0, 0.1) is 0 Å². The van der Waals surface area contributed by atoms with E-state index in [-0.39, 0.29) is 5.56 Å². The molecule has 0 spiro atoms. The van der Waals surface area contributed by atoms with Crippen LogP contribution in [0.4, 0.5) is 13.2 Å². The molecule has 1 N–H and O–H groups in total. The van der Waals surface area contributed by atoms with Gasteiger partial charge in [-0.2, -0.15) is 13.2 Å². The first-order chi connectivity index (χ1) is 10.7. The van der Waals surface area contributed by atoms with E-state index in [0.29, 0.717) is 23.1 Å². The summed E-state index contributed by atoms with van der Waals surface area (Å²) in [4.78, 5) is 11.1. The molecule has 0 heterocycles. The summed E-state index contributed by atoms with van der Waals surface area (Å²) in [5, 5.41) is 9.03. The summed E-state index contributed by atoms with van der Waals surface area (Å²) in [7, 11) is 2.82. The van der Waals surface area contributed by atoms with E-state index in [4.69, 9.17) is 14.6 Å². The van der Waals surface area contributed by atoms with Gasteiger partial charge in [-0.15, -0.1) is 0 Å². The number of hydrogen-bond donors (Lipinski definition) is 1. The Kier molecular flexibility index (Phi) is 4.49. The number of carboxylic acid groups (broad SMARTS) is 1. The summed E-state index contributed by atoms with van der Waals surface area (Å²) >= 11 is 0. The third-order valence-electron chi connectivity index (χ3n) is 3.19. The zero-order chi connectivity index (χ0) is 17.2. The van der Waals surface area contributed by atoms with Crippen molar-refractivity contribution in [2.24, 2.45) is 0 Å². The molecule has 4 nitrogen and oxygen atoms in total. The lowest BCUT2D eigenvalue weighted by atomic mass is 9.99. The van der Waals surface area contributed by atoms with Gasteiger partial charge in [0.05, 0.1) is 25.3 Å². The topological polar surface area (TPSA) is 55.8 Å². The molecule has 0 atom stereocenters. The van der Waals surface area contributed by atoms with Crippen LogP contribution < -0.4 is 9.47 Å². The van der Waals surface area contributed by atoms with Crippen LogP contribution in [-0.2, 0) is 6.18 Å². The van der Waals surface area contributed by atoms with Gasteiger partial charge < -0.3 is 14.6 Å². The highest BCUT2D eigenvalue weighted by molar-refractivity contribution is 5.90. The zero-order valence-corrected chi connectivity index (χ0v) is 12.3. The lowest BCUT2D eigenvalue weighted by molar-refractivity contribution is -0.137. The van der Waals surface area contributed by atoms with Gasteiger partial charge in [0.25, 0.3) is 0 Å². The smallest absolute Gasteiger partial charge is 0.416 e. The molecule has 0 aromatic heterocycles. The van der Waals surface area contributed by atoms with Crippen LogP contribution in [0.25, 0.3) is 11.1 Å². The maximum Gasteiger partial charge on any atom is 0.416 e. The van der Waals surface area contributed by atoms with Crippen molar-refractivity contribution in [1.29, 1.82) is 0 Å². The van der Waals surface area contributed by atoms with Crippen LogP contribution in [0.5, 0.6) is 11.5 Å². The number of benzene rings is 2. The van der Waals surface area contributed by atoms with Gasteiger partial charge in [-0.3, -0.25) is 0 Å². The fourth-order valence-electron chi connectivity index (χ4n) is 2.06. The molecule has 23 heavy (non-hydrogen) atoms. The van der Waals surface area contributed by atoms with Crippen LogP contribution >= 0.6 is 0 Å². The maximum atomic E-state index is 13.0. The van der Waals surface area contributed by atoms with Crippen molar-refractivity contribution in [2.75, 3.05) is 14.2 Å². The normalized spacial score (nSPS) is 11.2. The summed E-state index contributed by atoms with van der Waals surface area (Å²) in [5.74, 6) is -0.672. The predicted octanol–water partition coefficient (Wildman–Crippen LogP) is 4.09. The Hall–Kier alpha value is -2.70. The van der Waals surface area contributed by atoms with Crippen LogP contribution in [0.3, 0.4) is 0 Å². The zero-order valence-electron chi connectivity index (χ0n) is 12.3. The first kappa shape index (κ1) is 16.7. The molecule has 2 aromatic carbocycles. The van der Waals surface area contributed by atoms with E-state index in [0.717, 1.165) is 6.07 Å². The molecule has 0 fully saturated rings. The molecule has 7 heteroatoms. The number of alkyl halides is 3.